The lowest BCUT2D eigenvalue weighted by Gasteiger charge is -2.17. The summed E-state index contributed by atoms with van der Waals surface area (Å²) in [5.41, 5.74) is 11.7. The van der Waals surface area contributed by atoms with Gasteiger partial charge < -0.3 is 0 Å². The van der Waals surface area contributed by atoms with E-state index in [0.29, 0.717) is 5.92 Å². The molecule has 3 aromatic rings. The van der Waals surface area contributed by atoms with E-state index in [1.165, 1.54) is 68.6 Å². The van der Waals surface area contributed by atoms with Gasteiger partial charge in [0.05, 0.1) is 0 Å². The molecular weight excluding hydrogens is 352 g/mol. The summed E-state index contributed by atoms with van der Waals surface area (Å²) >= 11 is 0. The Morgan fingerprint density at radius 3 is 2.21 bits per heavy atom. The molecule has 0 fully saturated rings. The first-order valence-electron chi connectivity index (χ1n) is 10.6. The van der Waals surface area contributed by atoms with Gasteiger partial charge in [0, 0.05) is 5.92 Å². The van der Waals surface area contributed by atoms with Crippen LogP contribution in [0.3, 0.4) is 0 Å². The summed E-state index contributed by atoms with van der Waals surface area (Å²) in [5.74, 6) is 0.565. The van der Waals surface area contributed by atoms with Crippen LogP contribution in [0.4, 0.5) is 0 Å². The van der Waals surface area contributed by atoms with Crippen molar-refractivity contribution in [3.63, 3.8) is 0 Å². The topological polar surface area (TPSA) is 0 Å². The average molecular weight is 383 g/mol. The van der Waals surface area contributed by atoms with Crippen molar-refractivity contribution in [1.82, 2.24) is 0 Å². The first-order chi connectivity index (χ1) is 13.5. The Bertz CT molecular complexity index is 1010. The lowest BCUT2D eigenvalue weighted by Crippen LogP contribution is -2.33. The molecule has 0 saturated carbocycles. The minimum Gasteiger partial charge on any atom is -0.0654 e. The minimum atomic E-state index is 0.565. The molecular formula is C27H30Si. The fourth-order valence-electron chi connectivity index (χ4n) is 4.83. The molecule has 0 aliphatic heterocycles. The number of rotatable bonds is 5. The van der Waals surface area contributed by atoms with Gasteiger partial charge in [-0.1, -0.05) is 101 Å². The first kappa shape index (κ1) is 19.2. The minimum absolute atomic E-state index is 0.565. The van der Waals surface area contributed by atoms with Gasteiger partial charge in [0.1, 0.15) is 9.52 Å². The van der Waals surface area contributed by atoms with Crippen LogP contribution in [-0.4, -0.2) is 9.52 Å². The summed E-state index contributed by atoms with van der Waals surface area (Å²) < 4.78 is 0. The number of aryl methyl sites for hydroxylation is 4. The van der Waals surface area contributed by atoms with Crippen LogP contribution in [0.2, 0.25) is 0 Å². The highest BCUT2D eigenvalue weighted by Gasteiger charge is 2.28. The third-order valence-corrected chi connectivity index (χ3v) is 8.03. The number of benzene rings is 3. The van der Waals surface area contributed by atoms with Gasteiger partial charge in [-0.05, 0) is 56.4 Å². The maximum absolute atomic E-state index is 2.54. The van der Waals surface area contributed by atoms with Gasteiger partial charge in [-0.15, -0.1) is 0 Å². The predicted octanol–water partition coefficient (Wildman–Crippen LogP) is 5.88. The highest BCUT2D eigenvalue weighted by atomic mass is 28.2. The second-order valence-electron chi connectivity index (χ2n) is 8.44. The van der Waals surface area contributed by atoms with Gasteiger partial charge >= 0.3 is 0 Å². The molecule has 0 saturated heterocycles. The molecule has 1 atom stereocenters. The molecule has 0 N–H and O–H groups in total. The maximum Gasteiger partial charge on any atom is 0.122 e. The Hall–Kier alpha value is -2.12. The number of unbranched alkanes of at least 4 members (excludes halogenated alkanes) is 1. The number of fused-ring (bicyclic) bond motifs is 3. The van der Waals surface area contributed by atoms with E-state index in [-0.39, 0.29) is 0 Å². The van der Waals surface area contributed by atoms with Crippen molar-refractivity contribution in [1.29, 1.82) is 0 Å². The summed E-state index contributed by atoms with van der Waals surface area (Å²) in [4.78, 5) is 0. The van der Waals surface area contributed by atoms with Crippen LogP contribution in [0.15, 0.2) is 48.5 Å². The van der Waals surface area contributed by atoms with E-state index in [2.05, 4.69) is 83.1 Å². The van der Waals surface area contributed by atoms with Crippen molar-refractivity contribution >= 4 is 19.9 Å². The molecule has 4 rings (SSSR count). The van der Waals surface area contributed by atoms with E-state index < -0.39 is 0 Å². The monoisotopic (exact) mass is 382 g/mol. The number of hydrogen-bond acceptors (Lipinski definition) is 0. The quantitative estimate of drug-likeness (QED) is 0.484. The summed E-state index contributed by atoms with van der Waals surface area (Å²) in [5, 5.41) is 3.04. The SMILES string of the molecule is CCCCC1c2ccccc2-c2cc(C)c([Si]c3c(C)cc(C)cc3C)cc21. The molecule has 28 heavy (non-hydrogen) atoms. The molecule has 0 heterocycles. The van der Waals surface area contributed by atoms with Crippen LogP contribution < -0.4 is 10.4 Å². The summed E-state index contributed by atoms with van der Waals surface area (Å²) in [6.45, 7) is 11.3. The zero-order valence-corrected chi connectivity index (χ0v) is 18.8. The van der Waals surface area contributed by atoms with Crippen molar-refractivity contribution in [3.05, 3.63) is 81.9 Å². The van der Waals surface area contributed by atoms with Crippen LogP contribution in [0.1, 0.15) is 65.5 Å². The molecule has 142 valence electrons. The van der Waals surface area contributed by atoms with E-state index in [1.54, 1.807) is 5.56 Å². The van der Waals surface area contributed by atoms with Crippen LogP contribution in [0.25, 0.3) is 11.1 Å². The summed E-state index contributed by atoms with van der Waals surface area (Å²) in [7, 11) is 0.732. The molecule has 1 heteroatoms. The van der Waals surface area contributed by atoms with Crippen LogP contribution >= 0.6 is 0 Å². The normalized spacial score (nSPS) is 14.8. The maximum atomic E-state index is 2.54. The fraction of sp³-hybridized carbons (Fsp3) is 0.333. The van der Waals surface area contributed by atoms with E-state index in [4.69, 9.17) is 0 Å². The molecule has 0 nitrogen and oxygen atoms in total. The lowest BCUT2D eigenvalue weighted by molar-refractivity contribution is 0.659. The molecule has 0 aromatic heterocycles. The van der Waals surface area contributed by atoms with Crippen molar-refractivity contribution in [2.45, 2.75) is 59.8 Å². The zero-order valence-electron chi connectivity index (χ0n) is 17.8. The van der Waals surface area contributed by atoms with Crippen LogP contribution in [-0.2, 0) is 0 Å². The van der Waals surface area contributed by atoms with Crippen molar-refractivity contribution < 1.29 is 0 Å². The first-order valence-corrected chi connectivity index (χ1v) is 11.6. The Kier molecular flexibility index (Phi) is 5.29. The summed E-state index contributed by atoms with van der Waals surface area (Å²) in [6.07, 6.45) is 3.81. The van der Waals surface area contributed by atoms with Gasteiger partial charge in [-0.25, -0.2) is 0 Å². The Morgan fingerprint density at radius 2 is 1.50 bits per heavy atom. The zero-order chi connectivity index (χ0) is 19.8. The Balaban J connectivity index is 1.78. The van der Waals surface area contributed by atoms with Gasteiger partial charge in [0.25, 0.3) is 0 Å². The van der Waals surface area contributed by atoms with E-state index in [1.807, 2.05) is 0 Å². The van der Waals surface area contributed by atoms with Crippen molar-refractivity contribution in [2.75, 3.05) is 0 Å². The third kappa shape index (κ3) is 3.37. The van der Waals surface area contributed by atoms with Gasteiger partial charge in [-0.3, -0.25) is 0 Å². The highest BCUT2D eigenvalue weighted by molar-refractivity contribution is 6.68. The standard InChI is InChI=1S/C27H30Si/c1-6-7-10-22-21-11-8-9-12-23(21)24-15-18(3)26(16-25(22)24)28-27-19(4)13-17(2)14-20(27)5/h8-9,11-16,22H,6-7,10H2,1-5H3. The third-order valence-electron chi connectivity index (χ3n) is 6.18. The fourth-order valence-corrected chi connectivity index (χ4v) is 6.13. The summed E-state index contributed by atoms with van der Waals surface area (Å²) in [6, 6.07) is 18.7. The van der Waals surface area contributed by atoms with Crippen molar-refractivity contribution in [2.24, 2.45) is 0 Å². The van der Waals surface area contributed by atoms with Crippen LogP contribution in [0, 0.1) is 27.7 Å². The highest BCUT2D eigenvalue weighted by Crippen LogP contribution is 2.46. The molecule has 3 aromatic carbocycles. The largest absolute Gasteiger partial charge is 0.122 e. The van der Waals surface area contributed by atoms with Crippen LogP contribution in [0.5, 0.6) is 0 Å². The molecule has 0 spiro atoms. The predicted molar refractivity (Wildman–Crippen MR) is 124 cm³/mol. The molecule has 2 radical (unpaired) electrons. The second kappa shape index (κ2) is 7.71. The van der Waals surface area contributed by atoms with E-state index in [0.717, 1.165) is 9.52 Å². The smallest absolute Gasteiger partial charge is 0.0654 e. The second-order valence-corrected chi connectivity index (χ2v) is 9.72. The van der Waals surface area contributed by atoms with Gasteiger partial charge in [0.15, 0.2) is 0 Å². The van der Waals surface area contributed by atoms with Crippen molar-refractivity contribution in [3.8, 4) is 11.1 Å². The molecule has 0 amide bonds. The Labute approximate surface area is 172 Å². The average Bonchev–Trinajstić information content (AvgIpc) is 2.95. The lowest BCUT2D eigenvalue weighted by atomic mass is 9.91. The van der Waals surface area contributed by atoms with E-state index >= 15 is 0 Å². The Morgan fingerprint density at radius 1 is 0.786 bits per heavy atom. The molecule has 1 aliphatic carbocycles. The molecule has 1 unspecified atom stereocenters. The van der Waals surface area contributed by atoms with Gasteiger partial charge in [0.2, 0.25) is 0 Å². The molecule has 1 aliphatic rings. The van der Waals surface area contributed by atoms with Gasteiger partial charge in [-0.2, -0.15) is 0 Å². The number of hydrogen-bond donors (Lipinski definition) is 0. The molecule has 0 bridgehead atoms. The van der Waals surface area contributed by atoms with E-state index in [9.17, 15) is 0 Å².